The minimum Gasteiger partial charge on any atom is -0.293 e. The number of carbonyl (C=O) groups is 1. The molecule has 4 nitrogen and oxygen atoms in total. The summed E-state index contributed by atoms with van der Waals surface area (Å²) in [7, 11) is 1.76. The number of rotatable bonds is 2. The maximum absolute atomic E-state index is 11.2. The van der Waals surface area contributed by atoms with E-state index in [2.05, 4.69) is 10.1 Å². The highest BCUT2D eigenvalue weighted by Crippen LogP contribution is 2.18. The first kappa shape index (κ1) is 9.08. The summed E-state index contributed by atoms with van der Waals surface area (Å²) in [6.45, 7) is 1.53. The average Bonchev–Trinajstić information content (AvgIpc) is 2.70. The molecule has 2 rings (SSSR count). The monoisotopic (exact) mass is 207 g/mol. The smallest absolute Gasteiger partial charge is 0.177 e. The summed E-state index contributed by atoms with van der Waals surface area (Å²) in [6, 6.07) is 1.76. The minimum atomic E-state index is 0.0153. The van der Waals surface area contributed by atoms with Crippen LogP contribution in [0, 0.1) is 0 Å². The van der Waals surface area contributed by atoms with Crippen molar-refractivity contribution < 1.29 is 4.79 Å². The van der Waals surface area contributed by atoms with E-state index in [-0.39, 0.29) is 5.78 Å². The second-order valence-corrected chi connectivity index (χ2v) is 3.69. The summed E-state index contributed by atoms with van der Waals surface area (Å²) in [6.07, 6.45) is 0. The first-order valence-electron chi connectivity index (χ1n) is 4.12. The van der Waals surface area contributed by atoms with Gasteiger partial charge in [-0.15, -0.1) is 11.3 Å². The number of aromatic nitrogens is 3. The minimum absolute atomic E-state index is 0.0153. The van der Waals surface area contributed by atoms with Crippen LogP contribution in [0.2, 0.25) is 0 Å². The predicted molar refractivity (Wildman–Crippen MR) is 54.3 cm³/mol. The fourth-order valence-electron chi connectivity index (χ4n) is 1.26. The number of nitrogens with zero attached hydrogens (tertiary/aromatic N) is 3. The van der Waals surface area contributed by atoms with Crippen LogP contribution in [0.1, 0.15) is 17.4 Å². The Kier molecular flexibility index (Phi) is 2.17. The Hall–Kier alpha value is -1.49. The van der Waals surface area contributed by atoms with Gasteiger partial charge in [-0.1, -0.05) is 0 Å². The molecule has 72 valence electrons. The lowest BCUT2D eigenvalue weighted by molar-refractivity contribution is 0.100. The lowest BCUT2D eigenvalue weighted by atomic mass is 10.2. The number of hydrogen-bond acceptors (Lipinski definition) is 4. The molecule has 0 aromatic carbocycles. The number of aryl methyl sites for hydroxylation is 1. The lowest BCUT2D eigenvalue weighted by Gasteiger charge is -1.92. The Morgan fingerprint density at radius 2 is 2.29 bits per heavy atom. The van der Waals surface area contributed by atoms with E-state index >= 15 is 0 Å². The fraction of sp³-hybridized carbons (Fsp3) is 0.222. The van der Waals surface area contributed by atoms with Crippen LogP contribution >= 0.6 is 11.3 Å². The summed E-state index contributed by atoms with van der Waals surface area (Å²) in [5.41, 5.74) is 3.92. The molecule has 14 heavy (non-hydrogen) atoms. The van der Waals surface area contributed by atoms with Crippen molar-refractivity contribution in [3.05, 3.63) is 22.7 Å². The van der Waals surface area contributed by atoms with E-state index in [4.69, 9.17) is 0 Å². The first-order chi connectivity index (χ1) is 6.68. The van der Waals surface area contributed by atoms with E-state index in [0.717, 1.165) is 11.4 Å². The van der Waals surface area contributed by atoms with Crippen LogP contribution in [0.25, 0.3) is 11.4 Å². The van der Waals surface area contributed by atoms with E-state index in [9.17, 15) is 4.79 Å². The highest BCUT2D eigenvalue weighted by molar-refractivity contribution is 7.07. The topological polar surface area (TPSA) is 47.8 Å². The Morgan fingerprint density at radius 1 is 1.50 bits per heavy atom. The van der Waals surface area contributed by atoms with Crippen molar-refractivity contribution in [1.82, 2.24) is 14.8 Å². The SMILES string of the molecule is CC(=O)c1cc(-c2cscn2)nn1C. The quantitative estimate of drug-likeness (QED) is 0.705. The highest BCUT2D eigenvalue weighted by atomic mass is 32.1. The molecule has 0 radical (unpaired) electrons. The molecule has 0 saturated carbocycles. The van der Waals surface area contributed by atoms with Crippen LogP contribution in [0.15, 0.2) is 17.0 Å². The van der Waals surface area contributed by atoms with E-state index in [1.807, 2.05) is 5.38 Å². The summed E-state index contributed by atoms with van der Waals surface area (Å²) < 4.78 is 1.58. The Morgan fingerprint density at radius 3 is 2.79 bits per heavy atom. The van der Waals surface area contributed by atoms with Gasteiger partial charge in [-0.3, -0.25) is 9.48 Å². The molecule has 0 N–H and O–H groups in total. The second kappa shape index (κ2) is 3.34. The molecule has 2 heterocycles. The van der Waals surface area contributed by atoms with Crippen molar-refractivity contribution in [2.45, 2.75) is 6.92 Å². The van der Waals surface area contributed by atoms with Gasteiger partial charge in [0, 0.05) is 19.4 Å². The van der Waals surface area contributed by atoms with E-state index in [1.165, 1.54) is 18.3 Å². The number of Topliss-reactive ketones (excluding diaryl/α,β-unsaturated/α-hetero) is 1. The van der Waals surface area contributed by atoms with Crippen molar-refractivity contribution >= 4 is 17.1 Å². The fourth-order valence-corrected chi connectivity index (χ4v) is 1.81. The Labute approximate surface area is 85.2 Å². The van der Waals surface area contributed by atoms with Gasteiger partial charge in [0.1, 0.15) is 17.1 Å². The van der Waals surface area contributed by atoms with Crippen molar-refractivity contribution in [3.8, 4) is 11.4 Å². The lowest BCUT2D eigenvalue weighted by Crippen LogP contribution is -2.02. The van der Waals surface area contributed by atoms with Crippen molar-refractivity contribution in [2.75, 3.05) is 0 Å². The molecule has 0 unspecified atom stereocenters. The molecule has 0 amide bonds. The summed E-state index contributed by atoms with van der Waals surface area (Å²) >= 11 is 1.51. The van der Waals surface area contributed by atoms with Crippen molar-refractivity contribution in [2.24, 2.45) is 7.05 Å². The van der Waals surface area contributed by atoms with Gasteiger partial charge in [0.05, 0.1) is 5.51 Å². The molecule has 0 aliphatic heterocycles. The summed E-state index contributed by atoms with van der Waals surface area (Å²) in [5.74, 6) is 0.0153. The number of ketones is 1. The van der Waals surface area contributed by atoms with Gasteiger partial charge >= 0.3 is 0 Å². The molecule has 0 saturated heterocycles. The molecule has 0 spiro atoms. The molecular formula is C9H9N3OS. The van der Waals surface area contributed by atoms with Gasteiger partial charge in [0.25, 0.3) is 0 Å². The zero-order valence-corrected chi connectivity index (χ0v) is 8.71. The third-order valence-corrected chi connectivity index (χ3v) is 2.52. The number of carbonyl (C=O) groups excluding carboxylic acids is 1. The maximum Gasteiger partial charge on any atom is 0.177 e. The third-order valence-electron chi connectivity index (χ3n) is 1.94. The number of thiazole rings is 1. The predicted octanol–water partition coefficient (Wildman–Crippen LogP) is 1.75. The van der Waals surface area contributed by atoms with Crippen LogP contribution in [-0.4, -0.2) is 20.5 Å². The molecule has 5 heteroatoms. The molecule has 0 fully saturated rings. The Balaban J connectivity index is 2.48. The molecule has 2 aromatic heterocycles. The van der Waals surface area contributed by atoms with Gasteiger partial charge < -0.3 is 0 Å². The normalized spacial score (nSPS) is 10.4. The van der Waals surface area contributed by atoms with Gasteiger partial charge in [-0.2, -0.15) is 5.10 Å². The van der Waals surface area contributed by atoms with Gasteiger partial charge in [0.2, 0.25) is 0 Å². The van der Waals surface area contributed by atoms with Crippen LogP contribution in [0.4, 0.5) is 0 Å². The standard InChI is InChI=1S/C9H9N3OS/c1-6(13)9-3-7(11-12(9)2)8-4-14-5-10-8/h3-5H,1-2H3. The van der Waals surface area contributed by atoms with Crippen LogP contribution < -0.4 is 0 Å². The Bertz CT molecular complexity index is 458. The zero-order chi connectivity index (χ0) is 10.1. The highest BCUT2D eigenvalue weighted by Gasteiger charge is 2.11. The molecule has 2 aromatic rings. The molecule has 0 atom stereocenters. The largest absolute Gasteiger partial charge is 0.293 e. The third kappa shape index (κ3) is 1.46. The van der Waals surface area contributed by atoms with Crippen molar-refractivity contribution in [1.29, 1.82) is 0 Å². The zero-order valence-electron chi connectivity index (χ0n) is 7.89. The average molecular weight is 207 g/mol. The van der Waals surface area contributed by atoms with E-state index < -0.39 is 0 Å². The molecular weight excluding hydrogens is 198 g/mol. The number of hydrogen-bond donors (Lipinski definition) is 0. The van der Waals surface area contributed by atoms with Crippen LogP contribution in [0.5, 0.6) is 0 Å². The maximum atomic E-state index is 11.2. The van der Waals surface area contributed by atoms with E-state index in [1.54, 1.807) is 23.3 Å². The molecule has 0 aliphatic carbocycles. The molecule has 0 bridgehead atoms. The summed E-state index contributed by atoms with van der Waals surface area (Å²) in [4.78, 5) is 15.3. The van der Waals surface area contributed by atoms with Crippen molar-refractivity contribution in [3.63, 3.8) is 0 Å². The van der Waals surface area contributed by atoms with Gasteiger partial charge in [0.15, 0.2) is 5.78 Å². The van der Waals surface area contributed by atoms with Crippen LogP contribution in [-0.2, 0) is 7.05 Å². The second-order valence-electron chi connectivity index (χ2n) is 2.97. The molecule has 0 aliphatic rings. The first-order valence-corrected chi connectivity index (χ1v) is 5.06. The summed E-state index contributed by atoms with van der Waals surface area (Å²) in [5, 5.41) is 6.12. The van der Waals surface area contributed by atoms with Gasteiger partial charge in [-0.05, 0) is 6.07 Å². The van der Waals surface area contributed by atoms with E-state index in [0.29, 0.717) is 5.69 Å². The van der Waals surface area contributed by atoms with Crippen LogP contribution in [0.3, 0.4) is 0 Å². The van der Waals surface area contributed by atoms with Gasteiger partial charge in [-0.25, -0.2) is 4.98 Å².